The molecule has 1 fully saturated rings. The molecule has 0 amide bonds. The number of carbonyl (C=O) groups is 1. The second-order valence-corrected chi connectivity index (χ2v) is 8.31. The molecule has 4 nitrogen and oxygen atoms in total. The summed E-state index contributed by atoms with van der Waals surface area (Å²) in [5, 5.41) is 29.9. The minimum Gasteiger partial charge on any atom is -0.387 e. The van der Waals surface area contributed by atoms with Gasteiger partial charge in [-0.1, -0.05) is 25.2 Å². The van der Waals surface area contributed by atoms with Crippen LogP contribution in [0.25, 0.3) is 0 Å². The van der Waals surface area contributed by atoms with Crippen molar-refractivity contribution in [3.8, 4) is 0 Å². The number of fused-ring (bicyclic) bond motifs is 1. The Hall–Kier alpha value is -1.23. The molecule has 3 rings (SSSR count). The summed E-state index contributed by atoms with van der Waals surface area (Å²) in [7, 11) is 0. The van der Waals surface area contributed by atoms with Gasteiger partial charge in [-0.3, -0.25) is 4.79 Å². The minimum absolute atomic E-state index is 0.0458. The predicted molar refractivity (Wildman–Crippen MR) is 96.6 cm³/mol. The summed E-state index contributed by atoms with van der Waals surface area (Å²) in [4.78, 5) is 12.0. The van der Waals surface area contributed by atoms with Crippen molar-refractivity contribution in [3.63, 3.8) is 0 Å². The van der Waals surface area contributed by atoms with Crippen molar-refractivity contribution in [2.24, 2.45) is 17.3 Å². The van der Waals surface area contributed by atoms with E-state index in [4.69, 9.17) is 0 Å². The average Bonchev–Trinajstić information content (AvgIpc) is 2.90. The third-order valence-corrected chi connectivity index (χ3v) is 6.95. The SMILES string of the molecule is CC(=O)[C@@H]1CC[C@H]2C(/C=C\C3=C(C)C(O)(O)C(O)CC3)=CCC[C@]12C. The predicted octanol–water partition coefficient (Wildman–Crippen LogP) is 3.04. The molecular weight excluding hydrogens is 316 g/mol. The van der Waals surface area contributed by atoms with Crippen LogP contribution >= 0.6 is 0 Å². The summed E-state index contributed by atoms with van der Waals surface area (Å²) in [5.74, 6) is -1.28. The summed E-state index contributed by atoms with van der Waals surface area (Å²) in [6.45, 7) is 5.64. The maximum atomic E-state index is 12.0. The van der Waals surface area contributed by atoms with E-state index in [1.165, 1.54) is 5.57 Å². The van der Waals surface area contributed by atoms with Gasteiger partial charge in [-0.25, -0.2) is 0 Å². The summed E-state index contributed by atoms with van der Waals surface area (Å²) >= 11 is 0. The van der Waals surface area contributed by atoms with Crippen molar-refractivity contribution in [2.45, 2.75) is 71.2 Å². The Morgan fingerprint density at radius 3 is 2.64 bits per heavy atom. The highest BCUT2D eigenvalue weighted by molar-refractivity contribution is 5.79. The number of carbonyl (C=O) groups excluding carboxylic acids is 1. The third-order valence-electron chi connectivity index (χ3n) is 6.95. The van der Waals surface area contributed by atoms with E-state index in [1.807, 2.05) is 6.08 Å². The quantitative estimate of drug-likeness (QED) is 0.687. The number of ketones is 1. The van der Waals surface area contributed by atoms with E-state index in [0.29, 0.717) is 30.1 Å². The fraction of sp³-hybridized carbons (Fsp3) is 0.667. The Labute approximate surface area is 149 Å². The highest BCUT2D eigenvalue weighted by atomic mass is 16.5. The summed E-state index contributed by atoms with van der Waals surface area (Å²) < 4.78 is 0. The molecule has 3 N–H and O–H groups in total. The smallest absolute Gasteiger partial charge is 0.213 e. The molecule has 0 bridgehead atoms. The summed E-state index contributed by atoms with van der Waals surface area (Å²) in [5.41, 5.74) is 2.62. The van der Waals surface area contributed by atoms with E-state index in [1.54, 1.807) is 13.8 Å². The Bertz CT molecular complexity index is 655. The molecule has 25 heavy (non-hydrogen) atoms. The molecule has 0 aromatic carbocycles. The van der Waals surface area contributed by atoms with E-state index in [2.05, 4.69) is 19.1 Å². The van der Waals surface area contributed by atoms with Gasteiger partial charge < -0.3 is 15.3 Å². The van der Waals surface area contributed by atoms with E-state index in [-0.39, 0.29) is 11.3 Å². The first-order chi connectivity index (χ1) is 11.7. The lowest BCUT2D eigenvalue weighted by Crippen LogP contribution is -2.46. The average molecular weight is 346 g/mol. The highest BCUT2D eigenvalue weighted by Crippen LogP contribution is 2.56. The number of rotatable bonds is 3. The highest BCUT2D eigenvalue weighted by Gasteiger charge is 2.50. The maximum absolute atomic E-state index is 12.0. The lowest BCUT2D eigenvalue weighted by Gasteiger charge is -2.39. The van der Waals surface area contributed by atoms with Gasteiger partial charge in [0.25, 0.3) is 0 Å². The maximum Gasteiger partial charge on any atom is 0.213 e. The minimum atomic E-state index is -2.14. The van der Waals surface area contributed by atoms with Crippen LogP contribution in [0.5, 0.6) is 0 Å². The van der Waals surface area contributed by atoms with Gasteiger partial charge in [0.15, 0.2) is 0 Å². The van der Waals surface area contributed by atoms with Gasteiger partial charge in [-0.15, -0.1) is 0 Å². The van der Waals surface area contributed by atoms with Crippen LogP contribution in [0.1, 0.15) is 59.3 Å². The molecule has 0 aliphatic heterocycles. The summed E-state index contributed by atoms with van der Waals surface area (Å²) in [6.07, 6.45) is 10.2. The molecule has 0 saturated heterocycles. The molecule has 3 aliphatic carbocycles. The van der Waals surface area contributed by atoms with Crippen LogP contribution in [0.3, 0.4) is 0 Å². The second kappa shape index (κ2) is 6.49. The molecule has 1 saturated carbocycles. The number of hydrogen-bond donors (Lipinski definition) is 3. The van der Waals surface area contributed by atoms with Crippen molar-refractivity contribution in [3.05, 3.63) is 34.9 Å². The topological polar surface area (TPSA) is 77.8 Å². The number of allylic oxidation sites excluding steroid dienone is 5. The second-order valence-electron chi connectivity index (χ2n) is 8.31. The first kappa shape index (κ1) is 18.6. The van der Waals surface area contributed by atoms with Crippen molar-refractivity contribution in [1.82, 2.24) is 0 Å². The van der Waals surface area contributed by atoms with Crippen LogP contribution in [0.15, 0.2) is 34.9 Å². The van der Waals surface area contributed by atoms with Crippen molar-refractivity contribution >= 4 is 5.78 Å². The molecule has 0 spiro atoms. The van der Waals surface area contributed by atoms with Crippen LogP contribution in [0.2, 0.25) is 0 Å². The monoisotopic (exact) mass is 346 g/mol. The zero-order chi connectivity index (χ0) is 18.4. The molecule has 4 atom stereocenters. The van der Waals surface area contributed by atoms with E-state index < -0.39 is 11.9 Å². The van der Waals surface area contributed by atoms with E-state index in [0.717, 1.165) is 31.3 Å². The fourth-order valence-corrected chi connectivity index (χ4v) is 5.25. The lowest BCUT2D eigenvalue weighted by molar-refractivity contribution is -0.202. The normalized spacial score (nSPS) is 38.0. The number of hydrogen-bond acceptors (Lipinski definition) is 4. The Balaban J connectivity index is 1.84. The molecule has 0 aromatic rings. The fourth-order valence-electron chi connectivity index (χ4n) is 5.25. The lowest BCUT2D eigenvalue weighted by atomic mass is 9.64. The number of Topliss-reactive ketones (excluding diaryl/α,β-unsaturated/α-hetero) is 1. The van der Waals surface area contributed by atoms with Gasteiger partial charge >= 0.3 is 0 Å². The van der Waals surface area contributed by atoms with Gasteiger partial charge in [0.05, 0.1) is 0 Å². The largest absolute Gasteiger partial charge is 0.387 e. The Morgan fingerprint density at radius 1 is 1.24 bits per heavy atom. The molecule has 0 heterocycles. The molecule has 1 unspecified atom stereocenters. The molecule has 0 aromatic heterocycles. The van der Waals surface area contributed by atoms with Crippen molar-refractivity contribution in [1.29, 1.82) is 0 Å². The molecular formula is C21H30O4. The number of aliphatic hydroxyl groups is 3. The standard InChI is InChI=1S/C21H30O4/c1-13-15(8-11-19(23)21(13,24)25)6-7-16-5-4-12-20(3)17(14(2)22)9-10-18(16)20/h5-7,17-19,23-25H,4,8-12H2,1-3H3/b7-6-/t17-,18-,19?,20+/m0/s1. The van der Waals surface area contributed by atoms with Gasteiger partial charge in [-0.05, 0) is 80.4 Å². The van der Waals surface area contributed by atoms with Crippen LogP contribution in [-0.4, -0.2) is 33.0 Å². The molecule has 138 valence electrons. The first-order valence-corrected chi connectivity index (χ1v) is 9.39. The molecule has 3 aliphatic rings. The zero-order valence-corrected chi connectivity index (χ0v) is 15.5. The third kappa shape index (κ3) is 3.05. The van der Waals surface area contributed by atoms with Crippen molar-refractivity contribution in [2.75, 3.05) is 0 Å². The van der Waals surface area contributed by atoms with Crippen molar-refractivity contribution < 1.29 is 20.1 Å². The van der Waals surface area contributed by atoms with E-state index >= 15 is 0 Å². The van der Waals surface area contributed by atoms with Crippen LogP contribution < -0.4 is 0 Å². The molecule has 0 radical (unpaired) electrons. The van der Waals surface area contributed by atoms with Crippen LogP contribution in [0, 0.1) is 17.3 Å². The number of aliphatic hydroxyl groups excluding tert-OH is 1. The summed E-state index contributed by atoms with van der Waals surface area (Å²) in [6, 6.07) is 0. The van der Waals surface area contributed by atoms with Crippen LogP contribution in [0.4, 0.5) is 0 Å². The van der Waals surface area contributed by atoms with Gasteiger partial charge in [-0.2, -0.15) is 0 Å². The Morgan fingerprint density at radius 2 is 1.96 bits per heavy atom. The van der Waals surface area contributed by atoms with Gasteiger partial charge in [0.2, 0.25) is 5.79 Å². The zero-order valence-electron chi connectivity index (χ0n) is 15.5. The van der Waals surface area contributed by atoms with Crippen LogP contribution in [-0.2, 0) is 4.79 Å². The first-order valence-electron chi connectivity index (χ1n) is 9.39. The van der Waals surface area contributed by atoms with Gasteiger partial charge in [0, 0.05) is 5.92 Å². The van der Waals surface area contributed by atoms with Gasteiger partial charge in [0.1, 0.15) is 11.9 Å². The Kier molecular flexibility index (Phi) is 4.82. The van der Waals surface area contributed by atoms with E-state index in [9.17, 15) is 20.1 Å². The molecule has 4 heteroatoms.